The number of amides is 1. The van der Waals surface area contributed by atoms with E-state index in [-0.39, 0.29) is 31.5 Å². The summed E-state index contributed by atoms with van der Waals surface area (Å²) in [5.74, 6) is -4.50. The molecule has 1 aliphatic rings. The second-order valence-electron chi connectivity index (χ2n) is 7.85. The zero-order valence-electron chi connectivity index (χ0n) is 18.8. The van der Waals surface area contributed by atoms with Gasteiger partial charge in [0.05, 0.1) is 5.57 Å². The molecule has 0 saturated carbocycles. The van der Waals surface area contributed by atoms with Crippen molar-refractivity contribution < 1.29 is 57.2 Å². The van der Waals surface area contributed by atoms with Crippen molar-refractivity contribution in [3.8, 4) is 5.75 Å². The van der Waals surface area contributed by atoms with Crippen LogP contribution in [0.1, 0.15) is 30.9 Å². The topological polar surface area (TPSA) is 146 Å². The van der Waals surface area contributed by atoms with Gasteiger partial charge in [-0.1, -0.05) is 26.4 Å². The highest BCUT2D eigenvalue weighted by atomic mass is 32.5. The number of nitrogens with one attached hydrogen (secondary N) is 2. The molecule has 1 amide bonds. The first-order valence-corrected chi connectivity index (χ1v) is 12.2. The number of nitrogens with two attached hydrogens (primary N) is 1. The van der Waals surface area contributed by atoms with E-state index in [0.717, 1.165) is 0 Å². The third kappa shape index (κ3) is 7.61. The largest absolute Gasteiger partial charge is 0.480 e. The number of fused-ring (bicyclic) bond motifs is 1. The van der Waals surface area contributed by atoms with Crippen molar-refractivity contribution in [3.63, 3.8) is 0 Å². The van der Waals surface area contributed by atoms with Gasteiger partial charge < -0.3 is 20.9 Å². The third-order valence-electron chi connectivity index (χ3n) is 5.03. The van der Waals surface area contributed by atoms with Crippen molar-refractivity contribution in [1.29, 1.82) is 0 Å². The predicted octanol–water partition coefficient (Wildman–Crippen LogP) is 4.26. The van der Waals surface area contributed by atoms with Crippen molar-refractivity contribution in [3.05, 3.63) is 28.8 Å². The molecule has 9 nitrogen and oxygen atoms in total. The maximum atomic E-state index is 13.7. The summed E-state index contributed by atoms with van der Waals surface area (Å²) in [6, 6.07) is -1.90. The van der Waals surface area contributed by atoms with Crippen LogP contribution in [0, 0.1) is 0 Å². The van der Waals surface area contributed by atoms with Crippen molar-refractivity contribution in [2.45, 2.75) is 49.4 Å². The number of hydroxylamine groups is 1. The van der Waals surface area contributed by atoms with Crippen LogP contribution in [0.5, 0.6) is 5.75 Å². The summed E-state index contributed by atoms with van der Waals surface area (Å²) < 4.78 is 113. The summed E-state index contributed by atoms with van der Waals surface area (Å²) in [7, 11) is -10.3. The number of ether oxygens (including phenoxy) is 1. The SMILES string of the molecule is CCc1cc(S(F)(F)(F)(F)F)cc2c1O[C@H](C(F)(F)F)C(C(=O)NC(CCCN=C(N)NO)C(=O)O)=C2. The molecule has 0 fully saturated rings. The minimum Gasteiger partial charge on any atom is -0.480 e. The normalized spacial score (nSPS) is 18.9. The summed E-state index contributed by atoms with van der Waals surface area (Å²) in [6.07, 6.45) is -8.86. The van der Waals surface area contributed by atoms with E-state index >= 15 is 0 Å². The monoisotopic (exact) mass is 570 g/mol. The van der Waals surface area contributed by atoms with Gasteiger partial charge in [-0.15, -0.1) is 0 Å². The average Bonchev–Trinajstić information content (AvgIpc) is 2.76. The van der Waals surface area contributed by atoms with Crippen LogP contribution in [0.4, 0.5) is 32.6 Å². The zero-order valence-corrected chi connectivity index (χ0v) is 19.6. The lowest BCUT2D eigenvalue weighted by Gasteiger charge is -2.41. The van der Waals surface area contributed by atoms with Crippen molar-refractivity contribution in [1.82, 2.24) is 10.8 Å². The number of benzene rings is 1. The van der Waals surface area contributed by atoms with Gasteiger partial charge in [0.1, 0.15) is 16.7 Å². The van der Waals surface area contributed by atoms with Crippen LogP contribution in [-0.2, 0) is 16.0 Å². The Morgan fingerprint density at radius 2 is 1.84 bits per heavy atom. The van der Waals surface area contributed by atoms with Crippen molar-refractivity contribution in [2.75, 3.05) is 6.54 Å². The smallest absolute Gasteiger partial charge is 0.429 e. The molecule has 37 heavy (non-hydrogen) atoms. The molecule has 1 aliphatic heterocycles. The quantitative estimate of drug-likeness (QED) is 0.0981. The maximum absolute atomic E-state index is 13.7. The Labute approximate surface area is 204 Å². The van der Waals surface area contributed by atoms with Crippen LogP contribution >= 0.6 is 10.2 Å². The van der Waals surface area contributed by atoms with Crippen LogP contribution in [0.15, 0.2) is 27.6 Å². The van der Waals surface area contributed by atoms with E-state index in [0.29, 0.717) is 6.08 Å². The standard InChI is InChI=1S/C19H22F8N4O5S/c1-2-9-6-11(37(23,24,25,26)27)7-10-8-12(15(19(20,21)22)36-14(9)10)16(32)30-13(17(33)34)4-3-5-29-18(28)31-35/h6-8,13,15,35H,2-5H2,1H3,(H,30,32)(H,33,34)(H3,28,29,31)/t13?,15-/m0/s1. The summed E-state index contributed by atoms with van der Waals surface area (Å²) in [6.45, 7) is 1.05. The Hall–Kier alpha value is -3.28. The number of carboxylic acid groups (broad SMARTS) is 1. The highest BCUT2D eigenvalue weighted by Crippen LogP contribution is 3.02. The fourth-order valence-electron chi connectivity index (χ4n) is 3.30. The number of hydrogen-bond donors (Lipinski definition) is 5. The second kappa shape index (κ2) is 9.55. The molecule has 6 N–H and O–H groups in total. The Morgan fingerprint density at radius 1 is 1.22 bits per heavy atom. The van der Waals surface area contributed by atoms with Gasteiger partial charge in [-0.05, 0) is 43.0 Å². The lowest BCUT2D eigenvalue weighted by molar-refractivity contribution is -0.185. The molecule has 18 heteroatoms. The third-order valence-corrected chi connectivity index (χ3v) is 6.16. The highest BCUT2D eigenvalue weighted by Gasteiger charge is 2.66. The highest BCUT2D eigenvalue weighted by molar-refractivity contribution is 8.45. The van der Waals surface area contributed by atoms with Gasteiger partial charge in [0.2, 0.25) is 12.1 Å². The van der Waals surface area contributed by atoms with Crippen LogP contribution in [0.2, 0.25) is 0 Å². The number of nitrogens with zero attached hydrogens (tertiary/aromatic N) is 1. The van der Waals surface area contributed by atoms with Crippen molar-refractivity contribution >= 4 is 34.1 Å². The molecule has 0 radical (unpaired) electrons. The Morgan fingerprint density at radius 3 is 2.32 bits per heavy atom. The molecular weight excluding hydrogens is 548 g/mol. The van der Waals surface area contributed by atoms with Crippen LogP contribution in [0.3, 0.4) is 0 Å². The minimum atomic E-state index is -10.3. The number of carbonyl (C=O) groups excluding carboxylic acids is 1. The van der Waals surface area contributed by atoms with E-state index in [1.807, 2.05) is 5.32 Å². The number of halogens is 8. The zero-order chi connectivity index (χ0) is 28.5. The van der Waals surface area contributed by atoms with Crippen LogP contribution in [0.25, 0.3) is 6.08 Å². The van der Waals surface area contributed by atoms with E-state index < -0.39 is 80.1 Å². The van der Waals surface area contributed by atoms with Crippen LogP contribution in [-0.4, -0.2) is 53.0 Å². The first-order chi connectivity index (χ1) is 16.7. The molecule has 0 aromatic heterocycles. The molecule has 0 spiro atoms. The Balaban J connectivity index is 2.50. The second-order valence-corrected chi connectivity index (χ2v) is 10.3. The molecule has 1 unspecified atom stereocenters. The average molecular weight is 570 g/mol. The van der Waals surface area contributed by atoms with Gasteiger partial charge in [0, 0.05) is 12.1 Å². The molecule has 210 valence electrons. The molecule has 0 saturated heterocycles. The summed E-state index contributed by atoms with van der Waals surface area (Å²) >= 11 is 0. The van der Waals surface area contributed by atoms with Gasteiger partial charge in [-0.25, -0.2) is 10.3 Å². The van der Waals surface area contributed by atoms with Gasteiger partial charge >= 0.3 is 22.4 Å². The van der Waals surface area contributed by atoms with Gasteiger partial charge in [-0.2, -0.15) is 13.2 Å². The number of guanidine groups is 1. The number of carbonyl (C=O) groups is 2. The van der Waals surface area contributed by atoms with E-state index in [1.165, 1.54) is 12.4 Å². The Kier molecular flexibility index (Phi) is 7.73. The van der Waals surface area contributed by atoms with Gasteiger partial charge in [-0.3, -0.25) is 15.0 Å². The molecular formula is C19H22F8N4O5S. The fraction of sp³-hybridized carbons (Fsp3) is 0.421. The fourth-order valence-corrected chi connectivity index (χ4v) is 4.02. The number of hydrogen-bond acceptors (Lipinski definition) is 5. The maximum Gasteiger partial charge on any atom is 0.429 e. The number of carboxylic acids is 1. The van der Waals surface area contributed by atoms with Crippen LogP contribution < -0.4 is 21.3 Å². The molecule has 1 aromatic rings. The Bertz CT molecular complexity index is 1140. The predicted molar refractivity (Wildman–Crippen MR) is 116 cm³/mol. The molecule has 1 heterocycles. The van der Waals surface area contributed by atoms with Gasteiger partial charge in [0.25, 0.3) is 5.91 Å². The number of alkyl halides is 3. The summed E-state index contributed by atoms with van der Waals surface area (Å²) in [5.41, 5.74) is 3.86. The minimum absolute atomic E-state index is 0.00522. The first kappa shape index (κ1) is 29.9. The summed E-state index contributed by atoms with van der Waals surface area (Å²) in [4.78, 5) is 25.3. The lowest BCUT2D eigenvalue weighted by atomic mass is 9.97. The van der Waals surface area contributed by atoms with E-state index in [4.69, 9.17) is 15.7 Å². The molecule has 0 aliphatic carbocycles. The molecule has 1 aromatic carbocycles. The first-order valence-electron chi connectivity index (χ1n) is 10.3. The number of rotatable bonds is 9. The molecule has 0 bridgehead atoms. The molecule has 2 rings (SSSR count). The number of aliphatic imine (C=N–C) groups is 1. The van der Waals surface area contributed by atoms with Crippen molar-refractivity contribution in [2.24, 2.45) is 10.7 Å². The van der Waals surface area contributed by atoms with Gasteiger partial charge in [0.15, 0.2) is 0 Å². The molecule has 2 atom stereocenters. The number of aliphatic carboxylic acids is 1. The van der Waals surface area contributed by atoms with E-state index in [1.54, 1.807) is 0 Å². The summed E-state index contributed by atoms with van der Waals surface area (Å²) in [5, 5.41) is 19.6. The van der Waals surface area contributed by atoms with E-state index in [9.17, 15) is 47.3 Å². The van der Waals surface area contributed by atoms with E-state index in [2.05, 4.69) is 4.99 Å². The number of aryl methyl sites for hydroxylation is 1. The lowest BCUT2D eigenvalue weighted by Crippen LogP contribution is -2.48.